The van der Waals surface area contributed by atoms with Crippen LogP contribution in [0.3, 0.4) is 0 Å². The van der Waals surface area contributed by atoms with Crippen LogP contribution in [-0.4, -0.2) is 44.9 Å². The standard InChI is InChI=1S/C28H21I2N3O6S/c29-22-11-18(12-23(30)26(22)39-16-17-4-3-7-21(10-17)33(37)38)13-24-27(35)32(28(36)40-24)15-25(34)31-9-8-19-5-1-2-6-20(19)14-31/h1-7,10-13H,8-9,14-16H2/b24-13-. The first-order valence-corrected chi connectivity index (χ1v) is 15.1. The summed E-state index contributed by atoms with van der Waals surface area (Å²) in [7, 11) is 0. The molecule has 3 aromatic rings. The Balaban J connectivity index is 1.25. The average Bonchev–Trinajstić information content (AvgIpc) is 3.19. The summed E-state index contributed by atoms with van der Waals surface area (Å²) in [5, 5.41) is 10.6. The molecular weight excluding hydrogens is 760 g/mol. The van der Waals surface area contributed by atoms with Gasteiger partial charge in [-0.25, -0.2) is 0 Å². The number of imide groups is 1. The largest absolute Gasteiger partial charge is 0.487 e. The summed E-state index contributed by atoms with van der Waals surface area (Å²) in [6.07, 6.45) is 2.38. The number of thioether (sulfide) groups is 1. The number of amides is 3. The minimum atomic E-state index is -0.489. The maximum Gasteiger partial charge on any atom is 0.294 e. The third-order valence-corrected chi connectivity index (χ3v) is 8.98. The Kier molecular flexibility index (Phi) is 8.75. The molecule has 1 saturated heterocycles. The van der Waals surface area contributed by atoms with E-state index in [1.165, 1.54) is 17.7 Å². The lowest BCUT2D eigenvalue weighted by molar-refractivity contribution is -0.384. The summed E-state index contributed by atoms with van der Waals surface area (Å²) in [6, 6.07) is 17.9. The zero-order chi connectivity index (χ0) is 28.4. The van der Waals surface area contributed by atoms with Crippen LogP contribution in [0.15, 0.2) is 65.6 Å². The molecule has 204 valence electrons. The van der Waals surface area contributed by atoms with E-state index < -0.39 is 16.1 Å². The molecule has 0 spiro atoms. The average molecular weight is 781 g/mol. The highest BCUT2D eigenvalue weighted by Gasteiger charge is 2.37. The summed E-state index contributed by atoms with van der Waals surface area (Å²) >= 11 is 5.07. The molecule has 2 aliphatic rings. The fourth-order valence-corrected chi connectivity index (χ4v) is 7.41. The minimum Gasteiger partial charge on any atom is -0.487 e. The van der Waals surface area contributed by atoms with Crippen LogP contribution in [0.4, 0.5) is 10.5 Å². The zero-order valence-electron chi connectivity index (χ0n) is 20.8. The van der Waals surface area contributed by atoms with Crippen molar-refractivity contribution in [2.24, 2.45) is 0 Å². The van der Waals surface area contributed by atoms with Gasteiger partial charge in [-0.15, -0.1) is 0 Å². The first-order chi connectivity index (χ1) is 19.2. The smallest absolute Gasteiger partial charge is 0.294 e. The lowest BCUT2D eigenvalue weighted by atomic mass is 10.00. The zero-order valence-corrected chi connectivity index (χ0v) is 26.0. The molecule has 0 radical (unpaired) electrons. The van der Waals surface area contributed by atoms with Crippen LogP contribution >= 0.6 is 56.9 Å². The van der Waals surface area contributed by atoms with Gasteiger partial charge in [-0.05, 0) is 104 Å². The third kappa shape index (κ3) is 6.33. The number of carbonyl (C=O) groups excluding carboxylic acids is 3. The van der Waals surface area contributed by atoms with Gasteiger partial charge in [-0.3, -0.25) is 29.4 Å². The summed E-state index contributed by atoms with van der Waals surface area (Å²) in [4.78, 5) is 52.2. The number of rotatable bonds is 7. The Labute approximate surface area is 261 Å². The summed E-state index contributed by atoms with van der Waals surface area (Å²) in [6.45, 7) is 0.883. The predicted octanol–water partition coefficient (Wildman–Crippen LogP) is 6.00. The quantitative estimate of drug-likeness (QED) is 0.125. The molecule has 3 aromatic carbocycles. The molecule has 0 aromatic heterocycles. The molecule has 3 amide bonds. The Morgan fingerprint density at radius 3 is 2.50 bits per heavy atom. The Hall–Kier alpha value is -2.98. The van der Waals surface area contributed by atoms with E-state index in [1.54, 1.807) is 23.1 Å². The lowest BCUT2D eigenvalue weighted by Crippen LogP contribution is -2.44. The van der Waals surface area contributed by atoms with Crippen LogP contribution in [0.1, 0.15) is 22.3 Å². The van der Waals surface area contributed by atoms with Gasteiger partial charge in [0.05, 0.1) is 17.0 Å². The Morgan fingerprint density at radius 2 is 1.77 bits per heavy atom. The van der Waals surface area contributed by atoms with Crippen LogP contribution in [0.5, 0.6) is 5.75 Å². The number of nitro groups is 1. The number of ether oxygens (including phenoxy) is 1. The minimum absolute atomic E-state index is 0.00208. The van der Waals surface area contributed by atoms with Crippen molar-refractivity contribution in [2.45, 2.75) is 19.6 Å². The van der Waals surface area contributed by atoms with Crippen LogP contribution in [0.2, 0.25) is 0 Å². The van der Waals surface area contributed by atoms with Crippen molar-refractivity contribution in [3.8, 4) is 5.75 Å². The van der Waals surface area contributed by atoms with Gasteiger partial charge in [0.1, 0.15) is 18.9 Å². The van der Waals surface area contributed by atoms with Gasteiger partial charge in [0.2, 0.25) is 5.91 Å². The SMILES string of the molecule is O=C(CN1C(=O)S/C(=C\c2cc(I)c(OCc3cccc([N+](=O)[O-])c3)c(I)c2)C1=O)N1CCc2ccccc2C1. The number of fused-ring (bicyclic) bond motifs is 1. The molecule has 1 fully saturated rings. The van der Waals surface area contributed by atoms with Crippen molar-refractivity contribution in [3.63, 3.8) is 0 Å². The molecule has 0 aliphatic carbocycles. The normalized spacial score (nSPS) is 15.9. The number of hydrogen-bond donors (Lipinski definition) is 0. The highest BCUT2D eigenvalue weighted by molar-refractivity contribution is 14.1. The maximum atomic E-state index is 13.1. The first kappa shape index (κ1) is 28.5. The van der Waals surface area contributed by atoms with Crippen molar-refractivity contribution in [1.29, 1.82) is 0 Å². The third-order valence-electron chi connectivity index (χ3n) is 6.47. The number of non-ortho nitro benzene ring substituents is 1. The van der Waals surface area contributed by atoms with Crippen molar-refractivity contribution in [1.82, 2.24) is 9.80 Å². The first-order valence-electron chi connectivity index (χ1n) is 12.1. The highest BCUT2D eigenvalue weighted by atomic mass is 127. The number of carbonyl (C=O) groups is 3. The van der Waals surface area contributed by atoms with E-state index in [4.69, 9.17) is 4.74 Å². The Morgan fingerprint density at radius 1 is 1.05 bits per heavy atom. The molecule has 0 bridgehead atoms. The molecular formula is C28H21I2N3O6S. The second kappa shape index (κ2) is 12.3. The van der Waals surface area contributed by atoms with Crippen molar-refractivity contribution >= 4 is 85.8 Å². The predicted molar refractivity (Wildman–Crippen MR) is 168 cm³/mol. The highest BCUT2D eigenvalue weighted by Crippen LogP contribution is 2.35. The van der Waals surface area contributed by atoms with Crippen molar-refractivity contribution < 1.29 is 24.0 Å². The van der Waals surface area contributed by atoms with E-state index in [9.17, 15) is 24.5 Å². The van der Waals surface area contributed by atoms with E-state index in [1.807, 2.05) is 30.3 Å². The second-order valence-electron chi connectivity index (χ2n) is 9.13. The summed E-state index contributed by atoms with van der Waals surface area (Å²) in [5.41, 5.74) is 3.67. The van der Waals surface area contributed by atoms with Gasteiger partial charge in [0, 0.05) is 25.2 Å². The topological polar surface area (TPSA) is 110 Å². The second-order valence-corrected chi connectivity index (χ2v) is 12.4. The molecule has 2 aliphatic heterocycles. The van der Waals surface area contributed by atoms with E-state index in [2.05, 4.69) is 51.2 Å². The van der Waals surface area contributed by atoms with Gasteiger partial charge in [-0.1, -0.05) is 36.4 Å². The molecule has 0 atom stereocenters. The van der Waals surface area contributed by atoms with Crippen molar-refractivity contribution in [3.05, 3.63) is 105 Å². The summed E-state index contributed by atoms with van der Waals surface area (Å²) < 4.78 is 7.51. The van der Waals surface area contributed by atoms with Gasteiger partial charge in [0.15, 0.2) is 0 Å². The van der Waals surface area contributed by atoms with E-state index in [0.717, 1.165) is 35.8 Å². The van der Waals surface area contributed by atoms with Gasteiger partial charge >= 0.3 is 0 Å². The molecule has 12 heteroatoms. The number of benzene rings is 3. The van der Waals surface area contributed by atoms with Gasteiger partial charge in [0.25, 0.3) is 16.8 Å². The molecule has 5 rings (SSSR count). The molecule has 0 unspecified atom stereocenters. The Bertz CT molecular complexity index is 1550. The molecule has 9 nitrogen and oxygen atoms in total. The lowest BCUT2D eigenvalue weighted by Gasteiger charge is -2.29. The molecule has 0 saturated carbocycles. The number of halogens is 2. The van der Waals surface area contributed by atoms with Gasteiger partial charge < -0.3 is 9.64 Å². The fourth-order valence-electron chi connectivity index (χ4n) is 4.45. The maximum absolute atomic E-state index is 13.1. The van der Waals surface area contributed by atoms with Crippen LogP contribution in [0.25, 0.3) is 6.08 Å². The van der Waals surface area contributed by atoms with Gasteiger partial charge in [-0.2, -0.15) is 0 Å². The van der Waals surface area contributed by atoms with E-state index in [0.29, 0.717) is 30.0 Å². The summed E-state index contributed by atoms with van der Waals surface area (Å²) in [5.74, 6) is -0.129. The molecule has 2 heterocycles. The van der Waals surface area contributed by atoms with Crippen LogP contribution in [-0.2, 0) is 29.2 Å². The van der Waals surface area contributed by atoms with E-state index >= 15 is 0 Å². The number of nitrogens with zero attached hydrogens (tertiary/aromatic N) is 3. The van der Waals surface area contributed by atoms with Crippen LogP contribution in [0, 0.1) is 17.3 Å². The molecule has 40 heavy (non-hydrogen) atoms. The number of hydrogen-bond acceptors (Lipinski definition) is 7. The number of nitro benzene ring substituents is 1. The fraction of sp³-hybridized carbons (Fsp3) is 0.179. The van der Waals surface area contributed by atoms with Crippen molar-refractivity contribution in [2.75, 3.05) is 13.1 Å². The van der Waals surface area contributed by atoms with Crippen LogP contribution < -0.4 is 4.74 Å². The monoisotopic (exact) mass is 781 g/mol. The molecule has 0 N–H and O–H groups in total. The van der Waals surface area contributed by atoms with E-state index in [-0.39, 0.29) is 29.7 Å².